The van der Waals surface area contributed by atoms with Gasteiger partial charge in [-0.2, -0.15) is 0 Å². The van der Waals surface area contributed by atoms with Gasteiger partial charge >= 0.3 is 0 Å². The second-order valence-electron chi connectivity index (χ2n) is 6.28. The van der Waals surface area contributed by atoms with Crippen molar-refractivity contribution in [2.45, 2.75) is 25.3 Å². The van der Waals surface area contributed by atoms with Crippen molar-refractivity contribution in [3.8, 4) is 11.5 Å². The smallest absolute Gasteiger partial charge is 0.253 e. The molecule has 0 aliphatic carbocycles. The molecule has 0 fully saturated rings. The van der Waals surface area contributed by atoms with E-state index in [2.05, 4.69) is 9.71 Å². The van der Waals surface area contributed by atoms with Crippen LogP contribution in [-0.4, -0.2) is 52.5 Å². The van der Waals surface area contributed by atoms with E-state index in [9.17, 15) is 13.2 Å². The Labute approximate surface area is 165 Å². The number of hydrogen-bond donors (Lipinski definition) is 1. The summed E-state index contributed by atoms with van der Waals surface area (Å²) in [6.45, 7) is 4.04. The van der Waals surface area contributed by atoms with Crippen LogP contribution in [0.4, 0.5) is 0 Å². The molecule has 1 N–H and O–H groups in total. The van der Waals surface area contributed by atoms with Gasteiger partial charge in [0.2, 0.25) is 10.0 Å². The number of nitrogens with zero attached hydrogens (tertiary/aromatic N) is 2. The molecule has 0 aliphatic heterocycles. The highest BCUT2D eigenvalue weighted by Gasteiger charge is 2.22. The van der Waals surface area contributed by atoms with Crippen LogP contribution in [0.15, 0.2) is 29.3 Å². The topological polar surface area (TPSA) is 97.8 Å². The normalized spacial score (nSPS) is 11.2. The Morgan fingerprint density at radius 2 is 1.89 bits per heavy atom. The van der Waals surface area contributed by atoms with E-state index in [0.29, 0.717) is 5.69 Å². The highest BCUT2D eigenvalue weighted by molar-refractivity contribution is 7.89. The number of nitrogens with one attached hydrogen (secondary N) is 1. The Hall–Kier alpha value is -2.65. The van der Waals surface area contributed by atoms with Gasteiger partial charge in [0.1, 0.15) is 16.4 Å². The van der Waals surface area contributed by atoms with Gasteiger partial charge in [-0.15, -0.1) is 0 Å². The molecule has 0 saturated heterocycles. The summed E-state index contributed by atoms with van der Waals surface area (Å²) in [6, 6.07) is 4.30. The molecule has 0 unspecified atom stereocenters. The Morgan fingerprint density at radius 1 is 1.21 bits per heavy atom. The van der Waals surface area contributed by atoms with Crippen molar-refractivity contribution in [3.63, 3.8) is 0 Å². The van der Waals surface area contributed by atoms with E-state index in [1.165, 1.54) is 37.3 Å². The van der Waals surface area contributed by atoms with Crippen molar-refractivity contribution in [1.82, 2.24) is 14.6 Å². The fourth-order valence-electron chi connectivity index (χ4n) is 2.88. The van der Waals surface area contributed by atoms with Gasteiger partial charge in [0, 0.05) is 29.9 Å². The van der Waals surface area contributed by atoms with Crippen LogP contribution in [0.3, 0.4) is 0 Å². The molecule has 1 aromatic heterocycles. The number of aromatic nitrogens is 1. The number of benzene rings is 1. The first-order valence-corrected chi connectivity index (χ1v) is 10.0. The zero-order chi connectivity index (χ0) is 21.1. The van der Waals surface area contributed by atoms with Crippen molar-refractivity contribution in [1.29, 1.82) is 0 Å². The minimum absolute atomic E-state index is 0.0944. The Morgan fingerprint density at radius 3 is 2.46 bits per heavy atom. The van der Waals surface area contributed by atoms with Gasteiger partial charge in [0.25, 0.3) is 5.91 Å². The van der Waals surface area contributed by atoms with Crippen LogP contribution < -0.4 is 14.2 Å². The van der Waals surface area contributed by atoms with Crippen molar-refractivity contribution >= 4 is 15.9 Å². The number of amides is 1. The summed E-state index contributed by atoms with van der Waals surface area (Å²) in [5.74, 6) is 0.558. The molecule has 9 heteroatoms. The predicted molar refractivity (Wildman–Crippen MR) is 105 cm³/mol. The monoisotopic (exact) mass is 407 g/mol. The third-order valence-corrected chi connectivity index (χ3v) is 5.89. The number of methoxy groups -OCH3 is 2. The van der Waals surface area contributed by atoms with E-state index in [4.69, 9.17) is 9.47 Å². The average molecular weight is 407 g/mol. The van der Waals surface area contributed by atoms with E-state index in [0.717, 1.165) is 16.9 Å². The fraction of sp³-hybridized carbons (Fsp3) is 0.368. The summed E-state index contributed by atoms with van der Waals surface area (Å²) in [5, 5.41) is 0. The lowest BCUT2D eigenvalue weighted by molar-refractivity contribution is 0.0782. The fourth-order valence-corrected chi connectivity index (χ4v) is 3.80. The maximum Gasteiger partial charge on any atom is 0.253 e. The Bertz CT molecular complexity index is 989. The van der Waals surface area contributed by atoms with Gasteiger partial charge in [-0.3, -0.25) is 9.78 Å². The maximum absolute atomic E-state index is 12.9. The largest absolute Gasteiger partial charge is 0.496 e. The van der Waals surface area contributed by atoms with E-state index in [1.807, 2.05) is 13.8 Å². The van der Waals surface area contributed by atoms with Gasteiger partial charge < -0.3 is 14.4 Å². The summed E-state index contributed by atoms with van der Waals surface area (Å²) < 4.78 is 37.2. The van der Waals surface area contributed by atoms with Gasteiger partial charge in [0.05, 0.1) is 26.5 Å². The number of carbonyl (C=O) groups is 1. The van der Waals surface area contributed by atoms with E-state index in [1.54, 1.807) is 20.4 Å². The lowest BCUT2D eigenvalue weighted by Crippen LogP contribution is -2.28. The summed E-state index contributed by atoms with van der Waals surface area (Å²) in [4.78, 5) is 18.6. The van der Waals surface area contributed by atoms with Crippen LogP contribution in [0.1, 0.15) is 27.2 Å². The van der Waals surface area contributed by atoms with Crippen molar-refractivity contribution in [2.24, 2.45) is 0 Å². The second kappa shape index (κ2) is 8.57. The van der Waals surface area contributed by atoms with E-state index >= 15 is 0 Å². The summed E-state index contributed by atoms with van der Waals surface area (Å²) in [6.07, 6.45) is 1.70. The van der Waals surface area contributed by atoms with E-state index < -0.39 is 10.0 Å². The molecular formula is C19H25N3O5S. The van der Waals surface area contributed by atoms with Gasteiger partial charge in [-0.25, -0.2) is 13.1 Å². The molecule has 0 atom stereocenters. The van der Waals surface area contributed by atoms with Gasteiger partial charge in [-0.1, -0.05) is 0 Å². The lowest BCUT2D eigenvalue weighted by atomic mass is 10.1. The van der Waals surface area contributed by atoms with Crippen LogP contribution in [-0.2, 0) is 16.6 Å². The first-order valence-electron chi connectivity index (χ1n) is 8.52. The average Bonchev–Trinajstić information content (AvgIpc) is 2.69. The highest BCUT2D eigenvalue weighted by atomic mass is 32.2. The van der Waals surface area contributed by atoms with Gasteiger partial charge in [0.15, 0.2) is 0 Å². The van der Waals surface area contributed by atoms with Gasteiger partial charge in [-0.05, 0) is 39.1 Å². The molecule has 0 bridgehead atoms. The first kappa shape index (κ1) is 21.6. The minimum atomic E-state index is -3.78. The molecule has 8 nitrogen and oxygen atoms in total. The standard InChI is InChI=1S/C19H25N3O5S/c1-12-10-21-15(13(2)18(12)27-6)11-22(4)19(23)14-7-8-16(26-5)17(9-14)28(24,25)20-3/h7-10,20H,11H2,1-6H3. The zero-order valence-corrected chi connectivity index (χ0v) is 17.7. The van der Waals surface area contributed by atoms with Crippen LogP contribution >= 0.6 is 0 Å². The molecule has 2 aromatic rings. The summed E-state index contributed by atoms with van der Waals surface area (Å²) in [5.41, 5.74) is 2.70. The molecule has 1 aromatic carbocycles. The lowest BCUT2D eigenvalue weighted by Gasteiger charge is -2.20. The maximum atomic E-state index is 12.9. The molecule has 0 spiro atoms. The minimum Gasteiger partial charge on any atom is -0.496 e. The van der Waals surface area contributed by atoms with E-state index in [-0.39, 0.29) is 28.7 Å². The molecule has 0 saturated carbocycles. The predicted octanol–water partition coefficient (Wildman–Crippen LogP) is 1.90. The summed E-state index contributed by atoms with van der Waals surface area (Å²) >= 11 is 0. The van der Waals surface area contributed by atoms with Crippen LogP contribution in [0.2, 0.25) is 0 Å². The number of aryl methyl sites for hydroxylation is 1. The highest BCUT2D eigenvalue weighted by Crippen LogP contribution is 2.27. The number of sulfonamides is 1. The SMILES string of the molecule is CNS(=O)(=O)c1cc(C(=O)N(C)Cc2ncc(C)c(OC)c2C)ccc1OC. The Kier molecular flexibility index (Phi) is 6.63. The molecule has 1 heterocycles. The molecular weight excluding hydrogens is 382 g/mol. The summed E-state index contributed by atoms with van der Waals surface area (Å²) in [7, 11) is 2.12. The quantitative estimate of drug-likeness (QED) is 0.753. The Balaban J connectivity index is 2.35. The number of rotatable bonds is 7. The molecule has 28 heavy (non-hydrogen) atoms. The zero-order valence-electron chi connectivity index (χ0n) is 16.9. The number of ether oxygens (including phenoxy) is 2. The molecule has 1 amide bonds. The molecule has 152 valence electrons. The molecule has 0 aliphatic rings. The molecule has 0 radical (unpaired) electrons. The van der Waals surface area contributed by atoms with Crippen molar-refractivity contribution in [3.05, 3.63) is 46.8 Å². The molecule has 2 rings (SSSR count). The second-order valence-corrected chi connectivity index (χ2v) is 8.14. The number of carbonyl (C=O) groups excluding carboxylic acids is 1. The third-order valence-electron chi connectivity index (χ3n) is 4.45. The number of pyridine rings is 1. The van der Waals surface area contributed by atoms with Crippen LogP contribution in [0.25, 0.3) is 0 Å². The first-order chi connectivity index (χ1) is 13.2. The number of hydrogen-bond acceptors (Lipinski definition) is 6. The van der Waals surface area contributed by atoms with Crippen LogP contribution in [0.5, 0.6) is 11.5 Å². The van der Waals surface area contributed by atoms with Crippen molar-refractivity contribution in [2.75, 3.05) is 28.3 Å². The van der Waals surface area contributed by atoms with Crippen molar-refractivity contribution < 1.29 is 22.7 Å². The third kappa shape index (κ3) is 4.26. The van der Waals surface area contributed by atoms with Crippen LogP contribution in [0, 0.1) is 13.8 Å².